The molecule has 0 saturated heterocycles. The van der Waals surface area contributed by atoms with Gasteiger partial charge in [-0.2, -0.15) is 0 Å². The third-order valence-corrected chi connectivity index (χ3v) is 3.70. The predicted molar refractivity (Wildman–Crippen MR) is 94.9 cm³/mol. The van der Waals surface area contributed by atoms with Crippen molar-refractivity contribution in [2.75, 3.05) is 5.32 Å². The van der Waals surface area contributed by atoms with Gasteiger partial charge in [-0.15, -0.1) is 10.2 Å². The van der Waals surface area contributed by atoms with Gasteiger partial charge in [0.05, 0.1) is 12.2 Å². The van der Waals surface area contributed by atoms with E-state index in [-0.39, 0.29) is 11.6 Å². The molecule has 0 atom stereocenters. The average Bonchev–Trinajstić information content (AvgIpc) is 2.63. The van der Waals surface area contributed by atoms with Crippen LogP contribution < -0.4 is 10.6 Å². The predicted octanol–water partition coefficient (Wildman–Crippen LogP) is 3.31. The van der Waals surface area contributed by atoms with Gasteiger partial charge in [-0.3, -0.25) is 9.78 Å². The van der Waals surface area contributed by atoms with E-state index in [4.69, 9.17) is 0 Å². The summed E-state index contributed by atoms with van der Waals surface area (Å²) in [4.78, 5) is 16.2. The SMILES string of the molecule is O=C(NCc1ccccn1)c1ccc(Nc2ccc(Br)cc2)nn1. The first kappa shape index (κ1) is 16.1. The molecule has 3 rings (SSSR count). The van der Waals surface area contributed by atoms with Crippen molar-refractivity contribution < 1.29 is 4.79 Å². The maximum Gasteiger partial charge on any atom is 0.272 e. The summed E-state index contributed by atoms with van der Waals surface area (Å²) >= 11 is 3.38. The second kappa shape index (κ2) is 7.65. The van der Waals surface area contributed by atoms with Crippen LogP contribution in [0.15, 0.2) is 65.3 Å². The van der Waals surface area contributed by atoms with Crippen LogP contribution in [-0.2, 0) is 6.54 Å². The summed E-state index contributed by atoms with van der Waals surface area (Å²) < 4.78 is 0.999. The smallest absolute Gasteiger partial charge is 0.272 e. The van der Waals surface area contributed by atoms with E-state index in [1.165, 1.54) is 0 Å². The van der Waals surface area contributed by atoms with E-state index >= 15 is 0 Å². The molecule has 2 heterocycles. The van der Waals surface area contributed by atoms with Crippen LogP contribution in [0.5, 0.6) is 0 Å². The monoisotopic (exact) mass is 383 g/mol. The summed E-state index contributed by atoms with van der Waals surface area (Å²) in [5, 5.41) is 13.9. The summed E-state index contributed by atoms with van der Waals surface area (Å²) in [6.07, 6.45) is 1.68. The second-order valence-corrected chi connectivity index (χ2v) is 5.86. The molecule has 0 spiro atoms. The molecule has 0 unspecified atom stereocenters. The minimum Gasteiger partial charge on any atom is -0.345 e. The minimum absolute atomic E-state index is 0.257. The molecule has 2 aromatic heterocycles. The van der Waals surface area contributed by atoms with Gasteiger partial charge in [-0.25, -0.2) is 0 Å². The molecule has 2 N–H and O–H groups in total. The molecule has 0 fully saturated rings. The van der Waals surface area contributed by atoms with Crippen molar-refractivity contribution in [1.29, 1.82) is 0 Å². The maximum absolute atomic E-state index is 12.1. The number of nitrogens with one attached hydrogen (secondary N) is 2. The molecule has 3 aromatic rings. The second-order valence-electron chi connectivity index (χ2n) is 4.94. The number of hydrogen-bond donors (Lipinski definition) is 2. The molecule has 0 bridgehead atoms. The van der Waals surface area contributed by atoms with Crippen molar-refractivity contribution in [2.24, 2.45) is 0 Å². The summed E-state index contributed by atoms with van der Waals surface area (Å²) in [5.41, 5.74) is 1.93. The first-order chi connectivity index (χ1) is 11.7. The van der Waals surface area contributed by atoms with E-state index in [9.17, 15) is 4.79 Å². The summed E-state index contributed by atoms with van der Waals surface area (Å²) in [6.45, 7) is 0.347. The lowest BCUT2D eigenvalue weighted by molar-refractivity contribution is 0.0944. The van der Waals surface area contributed by atoms with E-state index < -0.39 is 0 Å². The highest BCUT2D eigenvalue weighted by molar-refractivity contribution is 9.10. The van der Waals surface area contributed by atoms with E-state index in [2.05, 4.69) is 41.7 Å². The van der Waals surface area contributed by atoms with Gasteiger partial charge in [0.15, 0.2) is 11.5 Å². The Morgan fingerprint density at radius 3 is 2.50 bits per heavy atom. The lowest BCUT2D eigenvalue weighted by Crippen LogP contribution is -2.24. The quantitative estimate of drug-likeness (QED) is 0.706. The van der Waals surface area contributed by atoms with Crippen LogP contribution in [0, 0.1) is 0 Å². The molecule has 0 aliphatic heterocycles. The number of hydrogen-bond acceptors (Lipinski definition) is 5. The van der Waals surface area contributed by atoms with Gasteiger partial charge < -0.3 is 10.6 Å². The third-order valence-electron chi connectivity index (χ3n) is 3.17. The zero-order valence-electron chi connectivity index (χ0n) is 12.6. The lowest BCUT2D eigenvalue weighted by Gasteiger charge is -2.06. The molecule has 7 heteroatoms. The number of rotatable bonds is 5. The third kappa shape index (κ3) is 4.36. The standard InChI is InChI=1S/C17H14BrN5O/c18-12-4-6-13(7-5-12)21-16-9-8-15(22-23-16)17(24)20-11-14-3-1-2-10-19-14/h1-10H,11H2,(H,20,24)(H,21,23). The average molecular weight is 384 g/mol. The molecule has 0 radical (unpaired) electrons. The van der Waals surface area contributed by atoms with Crippen LogP contribution >= 0.6 is 15.9 Å². The molecule has 0 saturated carbocycles. The highest BCUT2D eigenvalue weighted by Crippen LogP contribution is 2.17. The molecule has 6 nitrogen and oxygen atoms in total. The molecular weight excluding hydrogens is 370 g/mol. The number of pyridine rings is 1. The molecule has 120 valence electrons. The van der Waals surface area contributed by atoms with Gasteiger partial charge in [0.25, 0.3) is 5.91 Å². The Kier molecular flexibility index (Phi) is 5.12. The largest absolute Gasteiger partial charge is 0.345 e. The molecule has 0 aliphatic rings. The number of nitrogens with zero attached hydrogens (tertiary/aromatic N) is 3. The van der Waals surface area contributed by atoms with Crippen LogP contribution in [0.2, 0.25) is 0 Å². The highest BCUT2D eigenvalue weighted by atomic mass is 79.9. The Morgan fingerprint density at radius 2 is 1.83 bits per heavy atom. The topological polar surface area (TPSA) is 79.8 Å². The Hall–Kier alpha value is -2.80. The number of halogens is 1. The van der Waals surface area contributed by atoms with Crippen molar-refractivity contribution in [1.82, 2.24) is 20.5 Å². The first-order valence-electron chi connectivity index (χ1n) is 7.25. The number of aromatic nitrogens is 3. The van der Waals surface area contributed by atoms with Crippen LogP contribution in [0.1, 0.15) is 16.2 Å². The Labute approximate surface area is 147 Å². The van der Waals surface area contributed by atoms with Gasteiger partial charge in [-0.1, -0.05) is 22.0 Å². The highest BCUT2D eigenvalue weighted by Gasteiger charge is 2.08. The number of carbonyl (C=O) groups is 1. The van der Waals surface area contributed by atoms with Crippen LogP contribution in [-0.4, -0.2) is 21.1 Å². The van der Waals surface area contributed by atoms with E-state index in [1.54, 1.807) is 18.3 Å². The van der Waals surface area contributed by atoms with Crippen LogP contribution in [0.3, 0.4) is 0 Å². The summed E-state index contributed by atoms with van der Waals surface area (Å²) in [7, 11) is 0. The fraction of sp³-hybridized carbons (Fsp3) is 0.0588. The first-order valence-corrected chi connectivity index (χ1v) is 8.04. The van der Waals surface area contributed by atoms with Crippen molar-refractivity contribution in [3.63, 3.8) is 0 Å². The fourth-order valence-electron chi connectivity index (χ4n) is 1.97. The number of carbonyl (C=O) groups excluding carboxylic acids is 1. The summed E-state index contributed by atoms with van der Waals surface area (Å²) in [6, 6.07) is 16.6. The normalized spacial score (nSPS) is 10.2. The maximum atomic E-state index is 12.1. The zero-order chi connectivity index (χ0) is 16.8. The Morgan fingerprint density at radius 1 is 1.00 bits per heavy atom. The lowest BCUT2D eigenvalue weighted by atomic mass is 10.3. The summed E-state index contributed by atoms with van der Waals surface area (Å²) in [5.74, 6) is 0.280. The van der Waals surface area contributed by atoms with Crippen molar-refractivity contribution in [3.8, 4) is 0 Å². The van der Waals surface area contributed by atoms with Gasteiger partial charge in [0.2, 0.25) is 0 Å². The Bertz CT molecular complexity index is 807. The zero-order valence-corrected chi connectivity index (χ0v) is 14.2. The van der Waals surface area contributed by atoms with Crippen molar-refractivity contribution in [3.05, 3.63) is 76.7 Å². The number of amides is 1. The molecule has 24 heavy (non-hydrogen) atoms. The molecular formula is C17H14BrN5O. The van der Waals surface area contributed by atoms with Gasteiger partial charge in [-0.05, 0) is 48.5 Å². The number of anilines is 2. The van der Waals surface area contributed by atoms with Crippen LogP contribution in [0.25, 0.3) is 0 Å². The Balaban J connectivity index is 1.59. The van der Waals surface area contributed by atoms with Gasteiger partial charge in [0.1, 0.15) is 0 Å². The molecule has 0 aliphatic carbocycles. The molecule has 1 amide bonds. The van der Waals surface area contributed by atoms with Crippen molar-refractivity contribution >= 4 is 33.3 Å². The van der Waals surface area contributed by atoms with E-state index in [0.717, 1.165) is 15.9 Å². The van der Waals surface area contributed by atoms with Crippen LogP contribution in [0.4, 0.5) is 11.5 Å². The van der Waals surface area contributed by atoms with E-state index in [1.807, 2.05) is 42.5 Å². The fourth-order valence-corrected chi connectivity index (χ4v) is 2.23. The van der Waals surface area contributed by atoms with Gasteiger partial charge in [0, 0.05) is 16.4 Å². The van der Waals surface area contributed by atoms with Gasteiger partial charge >= 0.3 is 0 Å². The molecule has 1 aromatic carbocycles. The minimum atomic E-state index is -0.289. The van der Waals surface area contributed by atoms with E-state index in [0.29, 0.717) is 12.4 Å². The van der Waals surface area contributed by atoms with Crippen molar-refractivity contribution in [2.45, 2.75) is 6.54 Å². The number of benzene rings is 1.